The Bertz CT molecular complexity index is 739. The summed E-state index contributed by atoms with van der Waals surface area (Å²) in [5.74, 6) is 2.91. The number of nitrogens with one attached hydrogen (secondary N) is 1. The molecule has 1 unspecified atom stereocenters. The number of anilines is 2. The Kier molecular flexibility index (Phi) is 5.54. The van der Waals surface area contributed by atoms with Gasteiger partial charge in [0.25, 0.3) is 0 Å². The van der Waals surface area contributed by atoms with Crippen LogP contribution in [-0.4, -0.2) is 60.6 Å². The van der Waals surface area contributed by atoms with Crippen LogP contribution >= 0.6 is 0 Å². The fourth-order valence-corrected chi connectivity index (χ4v) is 3.83. The average molecular weight is 372 g/mol. The summed E-state index contributed by atoms with van der Waals surface area (Å²) >= 11 is 0. The van der Waals surface area contributed by atoms with Crippen LogP contribution in [0.15, 0.2) is 16.9 Å². The Morgan fingerprint density at radius 2 is 1.89 bits per heavy atom. The standard InChI is InChI=1S/C19H28N6O2/c1-14-17(15(2)27-23-14)11-20-16-4-3-5-25(12-16)19-10-18(21-13-22-19)24-6-8-26-9-7-24/h10,13,16,20H,3-9,11-12H2,1-2H3. The summed E-state index contributed by atoms with van der Waals surface area (Å²) in [6.45, 7) is 10.0. The van der Waals surface area contributed by atoms with Crippen LogP contribution in [0.1, 0.15) is 29.9 Å². The number of hydrogen-bond donors (Lipinski definition) is 1. The summed E-state index contributed by atoms with van der Waals surface area (Å²) in [5, 5.41) is 7.71. The molecule has 0 radical (unpaired) electrons. The summed E-state index contributed by atoms with van der Waals surface area (Å²) in [7, 11) is 0. The molecule has 8 nitrogen and oxygen atoms in total. The first-order valence-electron chi connectivity index (χ1n) is 9.75. The average Bonchev–Trinajstić information content (AvgIpc) is 3.05. The van der Waals surface area contributed by atoms with Gasteiger partial charge < -0.3 is 24.4 Å². The number of rotatable bonds is 5. The van der Waals surface area contributed by atoms with Gasteiger partial charge in [0.15, 0.2) is 0 Å². The van der Waals surface area contributed by atoms with Crippen molar-refractivity contribution in [3.8, 4) is 0 Å². The lowest BCUT2D eigenvalue weighted by atomic mass is 10.0. The Morgan fingerprint density at radius 3 is 2.63 bits per heavy atom. The Hall–Kier alpha value is -2.19. The highest BCUT2D eigenvalue weighted by atomic mass is 16.5. The van der Waals surface area contributed by atoms with Crippen molar-refractivity contribution in [3.63, 3.8) is 0 Å². The van der Waals surface area contributed by atoms with Crippen LogP contribution < -0.4 is 15.1 Å². The van der Waals surface area contributed by atoms with Gasteiger partial charge in [-0.05, 0) is 26.7 Å². The highest BCUT2D eigenvalue weighted by molar-refractivity contribution is 5.50. The van der Waals surface area contributed by atoms with Gasteiger partial charge in [0.2, 0.25) is 0 Å². The third kappa shape index (κ3) is 4.22. The molecule has 2 saturated heterocycles. The molecule has 1 N–H and O–H groups in total. The second kappa shape index (κ2) is 8.22. The van der Waals surface area contributed by atoms with Crippen molar-refractivity contribution in [1.29, 1.82) is 0 Å². The number of morpholine rings is 1. The van der Waals surface area contributed by atoms with E-state index >= 15 is 0 Å². The summed E-state index contributed by atoms with van der Waals surface area (Å²) in [6.07, 6.45) is 4.00. The molecule has 1 atom stereocenters. The molecule has 0 bridgehead atoms. The van der Waals surface area contributed by atoms with Crippen molar-refractivity contribution in [3.05, 3.63) is 29.4 Å². The van der Waals surface area contributed by atoms with Crippen LogP contribution in [0.25, 0.3) is 0 Å². The maximum absolute atomic E-state index is 5.44. The van der Waals surface area contributed by atoms with E-state index in [9.17, 15) is 0 Å². The van der Waals surface area contributed by atoms with Gasteiger partial charge in [-0.2, -0.15) is 0 Å². The van der Waals surface area contributed by atoms with E-state index in [0.29, 0.717) is 6.04 Å². The molecular formula is C19H28N6O2. The molecule has 2 fully saturated rings. The van der Waals surface area contributed by atoms with Gasteiger partial charge in [-0.3, -0.25) is 0 Å². The second-order valence-electron chi connectivity index (χ2n) is 7.30. The van der Waals surface area contributed by atoms with E-state index in [0.717, 1.165) is 75.4 Å². The topological polar surface area (TPSA) is 79.6 Å². The van der Waals surface area contributed by atoms with Crippen LogP contribution in [0.3, 0.4) is 0 Å². The van der Waals surface area contributed by atoms with Crippen LogP contribution in [0, 0.1) is 13.8 Å². The Balaban J connectivity index is 1.39. The normalized spacial score (nSPS) is 20.9. The van der Waals surface area contributed by atoms with Gasteiger partial charge >= 0.3 is 0 Å². The number of nitrogens with zero attached hydrogens (tertiary/aromatic N) is 5. The third-order valence-electron chi connectivity index (χ3n) is 5.47. The van der Waals surface area contributed by atoms with Crippen molar-refractivity contribution in [1.82, 2.24) is 20.4 Å². The predicted molar refractivity (Wildman–Crippen MR) is 103 cm³/mol. The molecule has 27 heavy (non-hydrogen) atoms. The molecule has 146 valence electrons. The molecular weight excluding hydrogens is 344 g/mol. The molecule has 0 amide bonds. The zero-order chi connectivity index (χ0) is 18.6. The fourth-order valence-electron chi connectivity index (χ4n) is 3.83. The summed E-state index contributed by atoms with van der Waals surface area (Å²) in [5.41, 5.74) is 2.14. The molecule has 2 aliphatic heterocycles. The molecule has 4 heterocycles. The van der Waals surface area contributed by atoms with Crippen LogP contribution in [0.5, 0.6) is 0 Å². The minimum atomic E-state index is 0.425. The van der Waals surface area contributed by atoms with Crippen molar-refractivity contribution in [2.24, 2.45) is 0 Å². The number of ether oxygens (including phenoxy) is 1. The number of piperidine rings is 1. The highest BCUT2D eigenvalue weighted by Gasteiger charge is 2.23. The lowest BCUT2D eigenvalue weighted by molar-refractivity contribution is 0.122. The maximum Gasteiger partial charge on any atom is 0.138 e. The van der Waals surface area contributed by atoms with E-state index in [2.05, 4.69) is 36.3 Å². The van der Waals surface area contributed by atoms with Gasteiger partial charge in [0.1, 0.15) is 23.7 Å². The Labute approximate surface area is 159 Å². The molecule has 0 aromatic carbocycles. The molecule has 0 saturated carbocycles. The first-order chi connectivity index (χ1) is 13.2. The predicted octanol–water partition coefficient (Wildman–Crippen LogP) is 1.68. The number of aryl methyl sites for hydroxylation is 2. The summed E-state index contributed by atoms with van der Waals surface area (Å²) in [6, 6.07) is 2.54. The second-order valence-corrected chi connectivity index (χ2v) is 7.30. The van der Waals surface area contributed by atoms with Crippen molar-refractivity contribution in [2.75, 3.05) is 49.2 Å². The zero-order valence-corrected chi connectivity index (χ0v) is 16.1. The Morgan fingerprint density at radius 1 is 1.11 bits per heavy atom. The van der Waals surface area contributed by atoms with E-state index in [1.54, 1.807) is 6.33 Å². The van der Waals surface area contributed by atoms with Gasteiger partial charge in [0.05, 0.1) is 18.9 Å². The van der Waals surface area contributed by atoms with Crippen LogP contribution in [-0.2, 0) is 11.3 Å². The highest BCUT2D eigenvalue weighted by Crippen LogP contribution is 2.22. The molecule has 0 aliphatic carbocycles. The SMILES string of the molecule is Cc1noc(C)c1CNC1CCCN(c2cc(N3CCOCC3)ncn2)C1. The van der Waals surface area contributed by atoms with Crippen LogP contribution in [0.2, 0.25) is 0 Å². The van der Waals surface area contributed by atoms with Gasteiger partial charge in [-0.25, -0.2) is 9.97 Å². The fraction of sp³-hybridized carbons (Fsp3) is 0.632. The summed E-state index contributed by atoms with van der Waals surface area (Å²) < 4.78 is 10.7. The lowest BCUT2D eigenvalue weighted by Gasteiger charge is -2.35. The van der Waals surface area contributed by atoms with E-state index in [-0.39, 0.29) is 0 Å². The monoisotopic (exact) mass is 372 g/mol. The van der Waals surface area contributed by atoms with E-state index in [1.807, 2.05) is 13.8 Å². The minimum absolute atomic E-state index is 0.425. The quantitative estimate of drug-likeness (QED) is 0.849. The zero-order valence-electron chi connectivity index (χ0n) is 16.1. The molecule has 4 rings (SSSR count). The number of aromatic nitrogens is 3. The lowest BCUT2D eigenvalue weighted by Crippen LogP contribution is -2.46. The smallest absolute Gasteiger partial charge is 0.138 e. The molecule has 8 heteroatoms. The van der Waals surface area contributed by atoms with E-state index in [1.165, 1.54) is 12.0 Å². The van der Waals surface area contributed by atoms with Gasteiger partial charge in [-0.15, -0.1) is 0 Å². The van der Waals surface area contributed by atoms with Gasteiger partial charge in [0, 0.05) is 50.4 Å². The van der Waals surface area contributed by atoms with Crippen molar-refractivity contribution >= 4 is 11.6 Å². The van der Waals surface area contributed by atoms with Crippen molar-refractivity contribution < 1.29 is 9.26 Å². The van der Waals surface area contributed by atoms with E-state index in [4.69, 9.17) is 9.26 Å². The molecule has 2 aromatic rings. The first-order valence-corrected chi connectivity index (χ1v) is 9.75. The molecule has 2 aromatic heterocycles. The largest absolute Gasteiger partial charge is 0.378 e. The van der Waals surface area contributed by atoms with Crippen LogP contribution in [0.4, 0.5) is 11.6 Å². The summed E-state index contributed by atoms with van der Waals surface area (Å²) in [4.78, 5) is 13.6. The molecule has 2 aliphatic rings. The number of hydrogen-bond acceptors (Lipinski definition) is 8. The third-order valence-corrected chi connectivity index (χ3v) is 5.47. The van der Waals surface area contributed by atoms with E-state index < -0.39 is 0 Å². The van der Waals surface area contributed by atoms with Gasteiger partial charge in [-0.1, -0.05) is 5.16 Å². The minimum Gasteiger partial charge on any atom is -0.378 e. The van der Waals surface area contributed by atoms with Crippen molar-refractivity contribution in [2.45, 2.75) is 39.3 Å². The first kappa shape index (κ1) is 18.2. The maximum atomic E-state index is 5.44. The molecule has 0 spiro atoms.